The Balaban J connectivity index is 2.10. The quantitative estimate of drug-likeness (QED) is 0.597. The second-order valence-electron chi connectivity index (χ2n) is 5.04. The smallest absolute Gasteiger partial charge is 0.237 e. The lowest BCUT2D eigenvalue weighted by Gasteiger charge is -2.39. The summed E-state index contributed by atoms with van der Waals surface area (Å²) in [4.78, 5) is 16.4. The molecule has 5 nitrogen and oxygen atoms in total. The van der Waals surface area contributed by atoms with E-state index in [-0.39, 0.29) is 11.9 Å². The van der Waals surface area contributed by atoms with Gasteiger partial charge in [0.1, 0.15) is 0 Å². The zero-order valence-electron chi connectivity index (χ0n) is 12.0. The number of amides is 1. The van der Waals surface area contributed by atoms with E-state index in [1.165, 1.54) is 0 Å². The standard InChI is InChI=1S/C13H28N4O/c1-4-8-17-9-5-12(17)13(18)15-7-11-16(3)10-6-14-2/h12,14H,4-11H2,1-3H3,(H,15,18). The maximum atomic E-state index is 11.9. The van der Waals surface area contributed by atoms with Gasteiger partial charge in [-0.3, -0.25) is 9.69 Å². The summed E-state index contributed by atoms with van der Waals surface area (Å²) >= 11 is 0. The van der Waals surface area contributed by atoms with E-state index in [0.717, 1.165) is 52.1 Å². The van der Waals surface area contributed by atoms with E-state index in [0.29, 0.717) is 0 Å². The third-order valence-corrected chi connectivity index (χ3v) is 3.48. The predicted molar refractivity (Wildman–Crippen MR) is 74.7 cm³/mol. The monoisotopic (exact) mass is 256 g/mol. The summed E-state index contributed by atoms with van der Waals surface area (Å²) in [5, 5.41) is 6.16. The van der Waals surface area contributed by atoms with Gasteiger partial charge in [-0.2, -0.15) is 0 Å². The summed E-state index contributed by atoms with van der Waals surface area (Å²) in [5.41, 5.74) is 0. The lowest BCUT2D eigenvalue weighted by molar-refractivity contribution is -0.130. The third kappa shape index (κ3) is 4.92. The molecule has 1 aliphatic heterocycles. The molecule has 0 spiro atoms. The zero-order chi connectivity index (χ0) is 13.4. The number of likely N-dealkylation sites (tertiary alicyclic amines) is 1. The van der Waals surface area contributed by atoms with Crippen molar-refractivity contribution in [3.05, 3.63) is 0 Å². The van der Waals surface area contributed by atoms with E-state index < -0.39 is 0 Å². The minimum Gasteiger partial charge on any atom is -0.353 e. The van der Waals surface area contributed by atoms with Crippen molar-refractivity contribution in [1.29, 1.82) is 0 Å². The van der Waals surface area contributed by atoms with Gasteiger partial charge in [0.15, 0.2) is 0 Å². The average molecular weight is 256 g/mol. The van der Waals surface area contributed by atoms with Crippen LogP contribution < -0.4 is 10.6 Å². The Kier molecular flexibility index (Phi) is 7.23. The van der Waals surface area contributed by atoms with E-state index in [1.807, 2.05) is 7.05 Å². The molecule has 5 heteroatoms. The molecule has 1 fully saturated rings. The summed E-state index contributed by atoms with van der Waals surface area (Å²) in [6.07, 6.45) is 2.14. The molecule has 1 atom stereocenters. The van der Waals surface area contributed by atoms with Crippen LogP contribution in [0.25, 0.3) is 0 Å². The van der Waals surface area contributed by atoms with Gasteiger partial charge in [-0.25, -0.2) is 0 Å². The highest BCUT2D eigenvalue weighted by molar-refractivity contribution is 5.82. The van der Waals surface area contributed by atoms with Crippen LogP contribution in [0.5, 0.6) is 0 Å². The Labute approximate surface area is 111 Å². The van der Waals surface area contributed by atoms with Crippen LogP contribution in [-0.4, -0.2) is 75.1 Å². The number of carbonyl (C=O) groups is 1. The topological polar surface area (TPSA) is 47.6 Å². The van der Waals surface area contributed by atoms with E-state index in [1.54, 1.807) is 0 Å². The Hall–Kier alpha value is -0.650. The molecule has 1 amide bonds. The molecule has 1 heterocycles. The van der Waals surface area contributed by atoms with Crippen molar-refractivity contribution >= 4 is 5.91 Å². The fourth-order valence-electron chi connectivity index (χ4n) is 2.19. The molecule has 18 heavy (non-hydrogen) atoms. The van der Waals surface area contributed by atoms with E-state index >= 15 is 0 Å². The van der Waals surface area contributed by atoms with Crippen LogP contribution in [0.4, 0.5) is 0 Å². The predicted octanol–water partition coefficient (Wildman–Crippen LogP) is -0.262. The first-order chi connectivity index (χ1) is 8.69. The van der Waals surface area contributed by atoms with Crippen LogP contribution in [0.1, 0.15) is 19.8 Å². The van der Waals surface area contributed by atoms with Gasteiger partial charge in [-0.05, 0) is 33.5 Å². The average Bonchev–Trinajstić information content (AvgIpc) is 2.32. The van der Waals surface area contributed by atoms with Crippen LogP contribution in [0.3, 0.4) is 0 Å². The van der Waals surface area contributed by atoms with Gasteiger partial charge >= 0.3 is 0 Å². The number of hydrogen-bond acceptors (Lipinski definition) is 4. The molecule has 0 aromatic rings. The lowest BCUT2D eigenvalue weighted by atomic mass is 10.0. The molecule has 0 radical (unpaired) electrons. The molecule has 1 aliphatic rings. The van der Waals surface area contributed by atoms with Crippen molar-refractivity contribution in [2.45, 2.75) is 25.8 Å². The van der Waals surface area contributed by atoms with E-state index in [2.05, 4.69) is 34.4 Å². The molecule has 2 N–H and O–H groups in total. The van der Waals surface area contributed by atoms with Gasteiger partial charge in [0, 0.05) is 32.7 Å². The largest absolute Gasteiger partial charge is 0.353 e. The van der Waals surface area contributed by atoms with Gasteiger partial charge in [0.25, 0.3) is 0 Å². The Bertz CT molecular complexity index is 247. The molecule has 1 saturated heterocycles. The molecule has 0 aliphatic carbocycles. The first kappa shape index (κ1) is 15.4. The maximum absolute atomic E-state index is 11.9. The zero-order valence-corrected chi connectivity index (χ0v) is 12.0. The highest BCUT2D eigenvalue weighted by Crippen LogP contribution is 2.17. The second-order valence-corrected chi connectivity index (χ2v) is 5.04. The number of hydrogen-bond donors (Lipinski definition) is 2. The van der Waals surface area contributed by atoms with Gasteiger partial charge < -0.3 is 15.5 Å². The fourth-order valence-corrected chi connectivity index (χ4v) is 2.19. The lowest BCUT2D eigenvalue weighted by Crippen LogP contribution is -2.56. The van der Waals surface area contributed by atoms with Gasteiger partial charge in [0.2, 0.25) is 5.91 Å². The molecule has 0 aromatic heterocycles. The van der Waals surface area contributed by atoms with Crippen molar-refractivity contribution in [3.63, 3.8) is 0 Å². The van der Waals surface area contributed by atoms with Crippen LogP contribution in [0, 0.1) is 0 Å². The van der Waals surface area contributed by atoms with Crippen molar-refractivity contribution in [2.75, 3.05) is 53.4 Å². The Morgan fingerprint density at radius 2 is 2.11 bits per heavy atom. The highest BCUT2D eigenvalue weighted by Gasteiger charge is 2.32. The summed E-state index contributed by atoms with van der Waals surface area (Å²) < 4.78 is 0. The van der Waals surface area contributed by atoms with E-state index in [4.69, 9.17) is 0 Å². The van der Waals surface area contributed by atoms with Crippen LogP contribution >= 0.6 is 0 Å². The SMILES string of the molecule is CCCN1CCC1C(=O)NCCN(C)CCNC. The number of nitrogens with one attached hydrogen (secondary N) is 2. The summed E-state index contributed by atoms with van der Waals surface area (Å²) in [6, 6.07) is 0.132. The van der Waals surface area contributed by atoms with Crippen molar-refractivity contribution in [2.24, 2.45) is 0 Å². The van der Waals surface area contributed by atoms with Crippen molar-refractivity contribution in [1.82, 2.24) is 20.4 Å². The Morgan fingerprint density at radius 3 is 2.67 bits per heavy atom. The molecule has 106 valence electrons. The maximum Gasteiger partial charge on any atom is 0.237 e. The van der Waals surface area contributed by atoms with Crippen molar-refractivity contribution in [3.8, 4) is 0 Å². The molecule has 1 unspecified atom stereocenters. The van der Waals surface area contributed by atoms with Crippen LogP contribution in [-0.2, 0) is 4.79 Å². The molecule has 0 saturated carbocycles. The van der Waals surface area contributed by atoms with Crippen molar-refractivity contribution < 1.29 is 4.79 Å². The van der Waals surface area contributed by atoms with E-state index in [9.17, 15) is 4.79 Å². The summed E-state index contributed by atoms with van der Waals surface area (Å²) in [5.74, 6) is 0.205. The number of nitrogens with zero attached hydrogens (tertiary/aromatic N) is 2. The van der Waals surface area contributed by atoms with Gasteiger partial charge in [-0.15, -0.1) is 0 Å². The minimum atomic E-state index is 0.132. The second kappa shape index (κ2) is 8.45. The van der Waals surface area contributed by atoms with Gasteiger partial charge in [-0.1, -0.05) is 6.92 Å². The molecule has 0 bridgehead atoms. The fraction of sp³-hybridized carbons (Fsp3) is 0.923. The number of rotatable bonds is 9. The molecular weight excluding hydrogens is 228 g/mol. The van der Waals surface area contributed by atoms with Crippen LogP contribution in [0.15, 0.2) is 0 Å². The van der Waals surface area contributed by atoms with Gasteiger partial charge in [0.05, 0.1) is 6.04 Å². The first-order valence-electron chi connectivity index (χ1n) is 7.04. The number of carbonyl (C=O) groups excluding carboxylic acids is 1. The molecule has 1 rings (SSSR count). The highest BCUT2D eigenvalue weighted by atomic mass is 16.2. The third-order valence-electron chi connectivity index (χ3n) is 3.48. The minimum absolute atomic E-state index is 0.132. The first-order valence-corrected chi connectivity index (χ1v) is 7.04. The summed E-state index contributed by atoms with van der Waals surface area (Å²) in [7, 11) is 4.03. The summed E-state index contributed by atoms with van der Waals surface area (Å²) in [6.45, 7) is 7.93. The Morgan fingerprint density at radius 1 is 1.39 bits per heavy atom. The van der Waals surface area contributed by atoms with Crippen LogP contribution in [0.2, 0.25) is 0 Å². The normalized spacial score (nSPS) is 19.9. The molecule has 0 aromatic carbocycles. The number of likely N-dealkylation sites (N-methyl/N-ethyl adjacent to an activating group) is 2. The molecular formula is C13H28N4O.